The highest BCUT2D eigenvalue weighted by atomic mass is 35.5. The third kappa shape index (κ3) is 2.78. The predicted molar refractivity (Wildman–Crippen MR) is 75.2 cm³/mol. The van der Waals surface area contributed by atoms with Gasteiger partial charge in [-0.3, -0.25) is 0 Å². The lowest BCUT2D eigenvalue weighted by atomic mass is 9.94. The van der Waals surface area contributed by atoms with Crippen LogP contribution in [0, 0.1) is 0 Å². The number of rotatable bonds is 3. The molecule has 1 aliphatic rings. The molecule has 1 aliphatic carbocycles. The molecule has 0 aliphatic heterocycles. The van der Waals surface area contributed by atoms with Crippen LogP contribution in [0.25, 0.3) is 5.57 Å². The van der Waals surface area contributed by atoms with Crippen molar-refractivity contribution in [2.24, 2.45) is 0 Å². The van der Waals surface area contributed by atoms with E-state index in [4.69, 9.17) is 32.7 Å². The van der Waals surface area contributed by atoms with E-state index in [1.165, 1.54) is 0 Å². The zero-order valence-corrected chi connectivity index (χ0v) is 11.7. The van der Waals surface area contributed by atoms with Crippen molar-refractivity contribution in [3.8, 4) is 0 Å². The smallest absolute Gasteiger partial charge is 0.101 e. The van der Waals surface area contributed by atoms with Crippen molar-refractivity contribution in [1.82, 2.24) is 0 Å². The molecule has 0 amide bonds. The molecule has 2 atom stereocenters. The lowest BCUT2D eigenvalue weighted by molar-refractivity contribution is 0.158. The third-order valence-corrected chi connectivity index (χ3v) is 3.46. The molecule has 0 fully saturated rings. The van der Waals surface area contributed by atoms with E-state index in [0.29, 0.717) is 10.0 Å². The van der Waals surface area contributed by atoms with E-state index in [1.54, 1.807) is 26.4 Å². The van der Waals surface area contributed by atoms with Crippen molar-refractivity contribution < 1.29 is 9.47 Å². The molecule has 4 heteroatoms. The first-order valence-electron chi connectivity index (χ1n) is 5.56. The lowest BCUT2D eigenvalue weighted by Crippen LogP contribution is -2.18. The maximum atomic E-state index is 6.22. The van der Waals surface area contributed by atoms with Crippen LogP contribution in [0.4, 0.5) is 0 Å². The highest BCUT2D eigenvalue weighted by molar-refractivity contribution is 6.34. The van der Waals surface area contributed by atoms with Gasteiger partial charge in [0.15, 0.2) is 0 Å². The fourth-order valence-corrected chi connectivity index (χ4v) is 2.35. The van der Waals surface area contributed by atoms with Crippen LogP contribution in [0.1, 0.15) is 5.56 Å². The molecule has 0 bridgehead atoms. The molecule has 96 valence electrons. The van der Waals surface area contributed by atoms with Crippen LogP contribution in [0.2, 0.25) is 10.0 Å². The Kier molecular flexibility index (Phi) is 4.46. The van der Waals surface area contributed by atoms with Crippen LogP contribution < -0.4 is 0 Å². The van der Waals surface area contributed by atoms with E-state index < -0.39 is 0 Å². The molecule has 0 aromatic heterocycles. The summed E-state index contributed by atoms with van der Waals surface area (Å²) in [7, 11) is 3.32. The molecule has 0 N–H and O–H groups in total. The van der Waals surface area contributed by atoms with Crippen LogP contribution in [-0.4, -0.2) is 26.4 Å². The highest BCUT2D eigenvalue weighted by Crippen LogP contribution is 2.33. The first kappa shape index (κ1) is 13.6. The molecular formula is C14H14Cl2O2. The number of hydrogen-bond donors (Lipinski definition) is 0. The minimum absolute atomic E-state index is 0.0681. The van der Waals surface area contributed by atoms with Crippen molar-refractivity contribution in [3.05, 3.63) is 52.0 Å². The van der Waals surface area contributed by atoms with E-state index in [1.807, 2.05) is 24.3 Å². The van der Waals surface area contributed by atoms with Gasteiger partial charge >= 0.3 is 0 Å². The normalized spacial score (nSPS) is 23.0. The first-order chi connectivity index (χ1) is 8.65. The fourth-order valence-electron chi connectivity index (χ4n) is 1.96. The summed E-state index contributed by atoms with van der Waals surface area (Å²) in [6.45, 7) is 0. The fraction of sp³-hybridized carbons (Fsp3) is 0.286. The average molecular weight is 285 g/mol. The van der Waals surface area contributed by atoms with Gasteiger partial charge in [0.25, 0.3) is 0 Å². The van der Waals surface area contributed by atoms with Crippen LogP contribution in [0.15, 0.2) is 36.4 Å². The zero-order chi connectivity index (χ0) is 13.1. The van der Waals surface area contributed by atoms with Crippen LogP contribution >= 0.6 is 23.2 Å². The maximum absolute atomic E-state index is 6.22. The quantitative estimate of drug-likeness (QED) is 0.782. The Morgan fingerprint density at radius 1 is 1.06 bits per heavy atom. The molecule has 0 spiro atoms. The zero-order valence-electron chi connectivity index (χ0n) is 10.2. The molecule has 0 saturated heterocycles. The van der Waals surface area contributed by atoms with Gasteiger partial charge < -0.3 is 9.47 Å². The van der Waals surface area contributed by atoms with Crippen molar-refractivity contribution in [2.45, 2.75) is 12.2 Å². The van der Waals surface area contributed by atoms with Crippen molar-refractivity contribution >= 4 is 28.8 Å². The Morgan fingerprint density at radius 3 is 2.50 bits per heavy atom. The van der Waals surface area contributed by atoms with E-state index >= 15 is 0 Å². The Morgan fingerprint density at radius 2 is 1.83 bits per heavy atom. The summed E-state index contributed by atoms with van der Waals surface area (Å²) in [5.41, 5.74) is 1.85. The molecule has 18 heavy (non-hydrogen) atoms. The molecule has 1 aromatic rings. The molecule has 2 unspecified atom stereocenters. The van der Waals surface area contributed by atoms with Crippen molar-refractivity contribution in [2.75, 3.05) is 14.2 Å². The van der Waals surface area contributed by atoms with Gasteiger partial charge in [0.05, 0.1) is 6.10 Å². The largest absolute Gasteiger partial charge is 0.373 e. The molecule has 0 saturated carbocycles. The van der Waals surface area contributed by atoms with Crippen LogP contribution in [0.3, 0.4) is 0 Å². The van der Waals surface area contributed by atoms with Gasteiger partial charge in [0.2, 0.25) is 0 Å². The number of methoxy groups -OCH3 is 2. The van der Waals surface area contributed by atoms with E-state index in [9.17, 15) is 0 Å². The minimum Gasteiger partial charge on any atom is -0.373 e. The molecular weight excluding hydrogens is 271 g/mol. The van der Waals surface area contributed by atoms with Gasteiger partial charge in [0.1, 0.15) is 6.10 Å². The number of halogens is 2. The highest BCUT2D eigenvalue weighted by Gasteiger charge is 2.21. The summed E-state index contributed by atoms with van der Waals surface area (Å²) in [5.74, 6) is 0. The minimum atomic E-state index is -0.132. The summed E-state index contributed by atoms with van der Waals surface area (Å²) < 4.78 is 10.7. The van der Waals surface area contributed by atoms with Gasteiger partial charge in [-0.15, -0.1) is 0 Å². The molecule has 0 heterocycles. The summed E-state index contributed by atoms with van der Waals surface area (Å²) in [4.78, 5) is 0. The molecule has 1 aromatic carbocycles. The van der Waals surface area contributed by atoms with Gasteiger partial charge in [-0.05, 0) is 29.8 Å². The predicted octanol–water partition coefficient (Wildman–Crippen LogP) is 3.98. The van der Waals surface area contributed by atoms with E-state index in [-0.39, 0.29) is 12.2 Å². The number of hydrogen-bond acceptors (Lipinski definition) is 2. The Bertz CT molecular complexity index is 495. The van der Waals surface area contributed by atoms with E-state index in [2.05, 4.69) is 0 Å². The topological polar surface area (TPSA) is 18.5 Å². The summed E-state index contributed by atoms with van der Waals surface area (Å²) in [5, 5.41) is 1.30. The van der Waals surface area contributed by atoms with E-state index in [0.717, 1.165) is 11.1 Å². The van der Waals surface area contributed by atoms with Crippen molar-refractivity contribution in [3.63, 3.8) is 0 Å². The number of benzene rings is 1. The maximum Gasteiger partial charge on any atom is 0.101 e. The number of ether oxygens (including phenoxy) is 2. The summed E-state index contributed by atoms with van der Waals surface area (Å²) >= 11 is 12.2. The Balaban J connectivity index is 2.45. The summed E-state index contributed by atoms with van der Waals surface area (Å²) in [6.07, 6.45) is 5.71. The Labute approximate surface area is 117 Å². The van der Waals surface area contributed by atoms with Crippen LogP contribution in [-0.2, 0) is 9.47 Å². The van der Waals surface area contributed by atoms with Crippen molar-refractivity contribution in [1.29, 1.82) is 0 Å². The monoisotopic (exact) mass is 284 g/mol. The lowest BCUT2D eigenvalue weighted by Gasteiger charge is -2.23. The third-order valence-electron chi connectivity index (χ3n) is 2.89. The van der Waals surface area contributed by atoms with Gasteiger partial charge in [-0.25, -0.2) is 0 Å². The second kappa shape index (κ2) is 5.89. The first-order valence-corrected chi connectivity index (χ1v) is 6.32. The summed E-state index contributed by atoms with van der Waals surface area (Å²) in [6, 6.07) is 5.39. The standard InChI is InChI=1S/C14H14Cl2O2/c1-17-10-4-6-14(18-2)12(8-10)11-7-9(15)3-5-13(11)16/h3-8,10,14H,1-2H3. The molecule has 2 rings (SSSR count). The molecule has 0 radical (unpaired) electrons. The average Bonchev–Trinajstić information content (AvgIpc) is 2.40. The second-order valence-electron chi connectivity index (χ2n) is 3.99. The Hall–Kier alpha value is -0.800. The SMILES string of the molecule is COC1C=CC(OC)C(c2cc(Cl)ccc2Cl)=C1. The van der Waals surface area contributed by atoms with Gasteiger partial charge in [0, 0.05) is 29.8 Å². The second-order valence-corrected chi connectivity index (χ2v) is 4.83. The van der Waals surface area contributed by atoms with Gasteiger partial charge in [-0.1, -0.05) is 35.4 Å². The van der Waals surface area contributed by atoms with Gasteiger partial charge in [-0.2, -0.15) is 0 Å². The molecule has 2 nitrogen and oxygen atoms in total. The van der Waals surface area contributed by atoms with Crippen LogP contribution in [0.5, 0.6) is 0 Å².